The number of nitrogens with two attached hydrogens (primary N) is 1. The Bertz CT molecular complexity index is 476. The first-order valence-corrected chi connectivity index (χ1v) is 4.30. The van der Waals surface area contributed by atoms with E-state index in [0.29, 0.717) is 16.9 Å². The molecule has 0 aliphatic rings. The molecule has 1 aromatic heterocycles. The molecule has 0 fully saturated rings. The maximum atomic E-state index is 8.99. The zero-order chi connectivity index (χ0) is 11.6. The van der Waals surface area contributed by atoms with Crippen molar-refractivity contribution in [1.82, 2.24) is 4.98 Å². The summed E-state index contributed by atoms with van der Waals surface area (Å²) in [4.78, 5) is 5.73. The van der Waals surface area contributed by atoms with Gasteiger partial charge in [-0.3, -0.25) is 0 Å². The van der Waals surface area contributed by atoms with E-state index >= 15 is 0 Å². The van der Waals surface area contributed by atoms with E-state index in [1.807, 2.05) is 12.1 Å². The van der Waals surface area contributed by atoms with E-state index < -0.39 is 0 Å². The Balaban J connectivity index is 3.63. The first-order chi connectivity index (χ1) is 7.02. The summed E-state index contributed by atoms with van der Waals surface area (Å²) in [7, 11) is 3.54. The molecule has 0 saturated carbocycles. The zero-order valence-corrected chi connectivity index (χ0v) is 8.87. The normalized spacial score (nSPS) is 9.13. The molecule has 1 aromatic rings. The van der Waals surface area contributed by atoms with Crippen molar-refractivity contribution in [1.29, 1.82) is 10.5 Å². The van der Waals surface area contributed by atoms with Gasteiger partial charge in [0.2, 0.25) is 0 Å². The second-order valence-corrected chi connectivity index (χ2v) is 3.31. The van der Waals surface area contributed by atoms with Crippen LogP contribution in [0.2, 0.25) is 0 Å². The summed E-state index contributed by atoms with van der Waals surface area (Å²) in [5, 5.41) is 17.8. The van der Waals surface area contributed by atoms with Crippen molar-refractivity contribution >= 4 is 11.6 Å². The fraction of sp³-hybridized carbons (Fsp3) is 0.300. The number of nitriles is 2. The fourth-order valence-electron chi connectivity index (χ4n) is 1.31. The average Bonchev–Trinajstić information content (AvgIpc) is 2.17. The van der Waals surface area contributed by atoms with Crippen LogP contribution in [0.15, 0.2) is 0 Å². The zero-order valence-electron chi connectivity index (χ0n) is 8.87. The third-order valence-electron chi connectivity index (χ3n) is 2.10. The van der Waals surface area contributed by atoms with Gasteiger partial charge in [0, 0.05) is 14.1 Å². The first kappa shape index (κ1) is 10.8. The van der Waals surface area contributed by atoms with E-state index in [1.165, 1.54) is 0 Å². The maximum absolute atomic E-state index is 8.99. The van der Waals surface area contributed by atoms with Crippen LogP contribution in [0.3, 0.4) is 0 Å². The molecule has 0 atom stereocenters. The lowest BCUT2D eigenvalue weighted by molar-refractivity contribution is 1.05. The lowest BCUT2D eigenvalue weighted by Gasteiger charge is -2.15. The van der Waals surface area contributed by atoms with Crippen LogP contribution >= 0.6 is 0 Å². The molecule has 5 heteroatoms. The molecule has 1 rings (SSSR count). The molecule has 0 aromatic carbocycles. The van der Waals surface area contributed by atoms with E-state index in [-0.39, 0.29) is 11.4 Å². The number of anilines is 2. The molecule has 0 unspecified atom stereocenters. The predicted molar refractivity (Wildman–Crippen MR) is 57.1 cm³/mol. The Morgan fingerprint density at radius 2 is 1.73 bits per heavy atom. The minimum atomic E-state index is 0.165. The van der Waals surface area contributed by atoms with Gasteiger partial charge >= 0.3 is 0 Å². The van der Waals surface area contributed by atoms with Crippen LogP contribution in [0.4, 0.5) is 11.6 Å². The molecule has 0 bridgehead atoms. The van der Waals surface area contributed by atoms with Crippen molar-refractivity contribution in [3.63, 3.8) is 0 Å². The van der Waals surface area contributed by atoms with Crippen LogP contribution < -0.4 is 10.6 Å². The monoisotopic (exact) mass is 201 g/mol. The molecule has 0 aliphatic carbocycles. The lowest BCUT2D eigenvalue weighted by Crippen LogP contribution is -2.15. The molecule has 0 saturated heterocycles. The predicted octanol–water partition coefficient (Wildman–Crippen LogP) is 0.782. The largest absolute Gasteiger partial charge is 0.383 e. The molecule has 0 spiro atoms. The van der Waals surface area contributed by atoms with Crippen LogP contribution in [0.25, 0.3) is 0 Å². The minimum absolute atomic E-state index is 0.165. The van der Waals surface area contributed by atoms with Crippen LogP contribution in [-0.2, 0) is 0 Å². The van der Waals surface area contributed by atoms with Crippen LogP contribution in [-0.4, -0.2) is 19.1 Å². The summed E-state index contributed by atoms with van der Waals surface area (Å²) in [6, 6.07) is 3.98. The van der Waals surface area contributed by atoms with Crippen molar-refractivity contribution in [2.75, 3.05) is 24.7 Å². The average molecular weight is 201 g/mol. The molecule has 15 heavy (non-hydrogen) atoms. The van der Waals surface area contributed by atoms with Crippen molar-refractivity contribution in [3.8, 4) is 12.1 Å². The number of hydrogen-bond acceptors (Lipinski definition) is 5. The molecule has 2 N–H and O–H groups in total. The number of pyridine rings is 1. The number of nitrogen functional groups attached to an aromatic ring is 1. The highest BCUT2D eigenvalue weighted by atomic mass is 15.1. The van der Waals surface area contributed by atoms with Gasteiger partial charge in [-0.15, -0.1) is 0 Å². The smallest absolute Gasteiger partial charge is 0.148 e. The van der Waals surface area contributed by atoms with Gasteiger partial charge in [-0.2, -0.15) is 10.5 Å². The van der Waals surface area contributed by atoms with Gasteiger partial charge in [-0.25, -0.2) is 4.98 Å². The SMILES string of the molecule is Cc1c(C#N)c(N)nc(N(C)C)c1C#N. The number of nitrogens with zero attached hydrogens (tertiary/aromatic N) is 4. The third kappa shape index (κ3) is 1.68. The topological polar surface area (TPSA) is 89.7 Å². The standard InChI is InChI=1S/C10H11N5/c1-6-7(4-11)9(13)14-10(15(2)3)8(6)5-12/h1-3H3,(H2,13,14). The van der Waals surface area contributed by atoms with Gasteiger partial charge in [0.25, 0.3) is 0 Å². The summed E-state index contributed by atoms with van der Waals surface area (Å²) in [5.41, 5.74) is 6.87. The summed E-state index contributed by atoms with van der Waals surface area (Å²) in [6.45, 7) is 1.70. The van der Waals surface area contributed by atoms with E-state index in [4.69, 9.17) is 16.3 Å². The Morgan fingerprint density at radius 1 is 1.20 bits per heavy atom. The number of rotatable bonds is 1. The van der Waals surface area contributed by atoms with Gasteiger partial charge < -0.3 is 10.6 Å². The first-order valence-electron chi connectivity index (χ1n) is 4.30. The Kier molecular flexibility index (Phi) is 2.77. The van der Waals surface area contributed by atoms with Crippen molar-refractivity contribution in [2.45, 2.75) is 6.92 Å². The summed E-state index contributed by atoms with van der Waals surface area (Å²) in [6.07, 6.45) is 0. The van der Waals surface area contributed by atoms with Crippen molar-refractivity contribution in [3.05, 3.63) is 16.7 Å². The fourth-order valence-corrected chi connectivity index (χ4v) is 1.31. The van der Waals surface area contributed by atoms with E-state index in [2.05, 4.69) is 4.98 Å². The number of aromatic nitrogens is 1. The van der Waals surface area contributed by atoms with Gasteiger partial charge in [0.05, 0.1) is 11.1 Å². The van der Waals surface area contributed by atoms with Crippen LogP contribution in [0.5, 0.6) is 0 Å². The van der Waals surface area contributed by atoms with Crippen molar-refractivity contribution in [2.24, 2.45) is 0 Å². The second kappa shape index (κ2) is 3.85. The van der Waals surface area contributed by atoms with E-state index in [9.17, 15) is 0 Å². The third-order valence-corrected chi connectivity index (χ3v) is 2.10. The second-order valence-electron chi connectivity index (χ2n) is 3.31. The molecule has 0 aliphatic heterocycles. The molecule has 76 valence electrons. The van der Waals surface area contributed by atoms with Gasteiger partial charge in [0.15, 0.2) is 0 Å². The molecule has 5 nitrogen and oxygen atoms in total. The highest BCUT2D eigenvalue weighted by Gasteiger charge is 2.16. The Morgan fingerprint density at radius 3 is 2.13 bits per heavy atom. The quantitative estimate of drug-likeness (QED) is 0.725. The Hall–Kier alpha value is -2.27. The lowest BCUT2D eigenvalue weighted by atomic mass is 10.1. The maximum Gasteiger partial charge on any atom is 0.148 e. The number of hydrogen-bond donors (Lipinski definition) is 1. The van der Waals surface area contributed by atoms with Gasteiger partial charge in [-0.05, 0) is 12.5 Å². The summed E-state index contributed by atoms with van der Waals surface area (Å²) in [5.74, 6) is 0.657. The summed E-state index contributed by atoms with van der Waals surface area (Å²) >= 11 is 0. The molecular weight excluding hydrogens is 190 g/mol. The van der Waals surface area contributed by atoms with Gasteiger partial charge in [0.1, 0.15) is 23.8 Å². The van der Waals surface area contributed by atoms with Crippen molar-refractivity contribution < 1.29 is 0 Å². The molecule has 0 radical (unpaired) electrons. The highest BCUT2D eigenvalue weighted by Crippen LogP contribution is 2.25. The molecular formula is C10H11N5. The van der Waals surface area contributed by atoms with E-state index in [1.54, 1.807) is 25.9 Å². The highest BCUT2D eigenvalue weighted by molar-refractivity contribution is 5.67. The van der Waals surface area contributed by atoms with Crippen LogP contribution in [0.1, 0.15) is 16.7 Å². The van der Waals surface area contributed by atoms with E-state index in [0.717, 1.165) is 0 Å². The van der Waals surface area contributed by atoms with Gasteiger partial charge in [-0.1, -0.05) is 0 Å². The van der Waals surface area contributed by atoms with Crippen LogP contribution in [0, 0.1) is 29.6 Å². The molecule has 0 amide bonds. The Labute approximate surface area is 88.4 Å². The minimum Gasteiger partial charge on any atom is -0.383 e. The summed E-state index contributed by atoms with van der Waals surface area (Å²) < 4.78 is 0. The molecule has 1 heterocycles.